The smallest absolute Gasteiger partial charge is 0.330 e. The highest BCUT2D eigenvalue weighted by Crippen LogP contribution is 2.15. The fourth-order valence-corrected chi connectivity index (χ4v) is 1.74. The number of nitrogens with zero attached hydrogens (tertiary/aromatic N) is 1. The van der Waals surface area contributed by atoms with Crippen LogP contribution >= 0.6 is 0 Å². The summed E-state index contributed by atoms with van der Waals surface area (Å²) in [5, 5.41) is 11.3. The molecule has 1 aromatic carbocycles. The molecule has 0 bridgehead atoms. The Kier molecular flexibility index (Phi) is 4.22. The molecular formula is C14H10F2N2O3. The van der Waals surface area contributed by atoms with Crippen LogP contribution in [0.3, 0.4) is 0 Å². The third-order valence-electron chi connectivity index (χ3n) is 2.75. The van der Waals surface area contributed by atoms with Gasteiger partial charge in [0.05, 0.1) is 5.56 Å². The molecule has 2 aromatic rings. The molecule has 0 saturated carbocycles. The molecule has 0 spiro atoms. The largest absolute Gasteiger partial charge is 0.479 e. The number of carboxylic acids is 1. The van der Waals surface area contributed by atoms with Gasteiger partial charge in [0.15, 0.2) is 11.9 Å². The highest BCUT2D eigenvalue weighted by Gasteiger charge is 2.24. The highest BCUT2D eigenvalue weighted by atomic mass is 19.2. The molecule has 1 heterocycles. The topological polar surface area (TPSA) is 79.3 Å². The Labute approximate surface area is 118 Å². The predicted molar refractivity (Wildman–Crippen MR) is 68.4 cm³/mol. The highest BCUT2D eigenvalue weighted by molar-refractivity contribution is 5.96. The lowest BCUT2D eigenvalue weighted by Gasteiger charge is -2.15. The predicted octanol–water partition coefficient (Wildman–Crippen LogP) is 1.92. The molecule has 21 heavy (non-hydrogen) atoms. The standard InChI is InChI=1S/C14H10F2N2O3/c15-10-9(6-7-17-12(10)16)13(19)18-11(14(20)21)8-4-2-1-3-5-8/h1-7,11H,(H,18,19)(H,20,21). The minimum Gasteiger partial charge on any atom is -0.479 e. The maximum atomic E-state index is 13.5. The summed E-state index contributed by atoms with van der Waals surface area (Å²) in [6.07, 6.45) is 0.922. The number of hydrogen-bond acceptors (Lipinski definition) is 3. The first-order valence-electron chi connectivity index (χ1n) is 5.89. The summed E-state index contributed by atoms with van der Waals surface area (Å²) in [6.45, 7) is 0. The number of nitrogens with one attached hydrogen (secondary N) is 1. The molecule has 2 rings (SSSR count). The minimum absolute atomic E-state index is 0.313. The number of carbonyl (C=O) groups excluding carboxylic acids is 1. The van der Waals surface area contributed by atoms with Crippen LogP contribution in [0.4, 0.5) is 8.78 Å². The van der Waals surface area contributed by atoms with Crippen LogP contribution in [0.5, 0.6) is 0 Å². The Balaban J connectivity index is 2.28. The van der Waals surface area contributed by atoms with Gasteiger partial charge < -0.3 is 10.4 Å². The molecule has 0 fully saturated rings. The second-order valence-electron chi connectivity index (χ2n) is 4.12. The molecule has 1 aromatic heterocycles. The number of carbonyl (C=O) groups is 2. The van der Waals surface area contributed by atoms with Gasteiger partial charge in [0, 0.05) is 6.20 Å². The van der Waals surface area contributed by atoms with Gasteiger partial charge in [-0.15, -0.1) is 0 Å². The fraction of sp³-hybridized carbons (Fsp3) is 0.0714. The zero-order chi connectivity index (χ0) is 15.4. The summed E-state index contributed by atoms with van der Waals surface area (Å²) in [7, 11) is 0. The second-order valence-corrected chi connectivity index (χ2v) is 4.12. The molecule has 0 aliphatic carbocycles. The summed E-state index contributed by atoms with van der Waals surface area (Å²) in [5.41, 5.74) is -0.294. The number of carboxylic acid groups (broad SMARTS) is 1. The van der Waals surface area contributed by atoms with E-state index in [9.17, 15) is 18.4 Å². The SMILES string of the molecule is O=C(NC(C(=O)O)c1ccccc1)c1ccnc(F)c1F. The number of amides is 1. The van der Waals surface area contributed by atoms with Crippen molar-refractivity contribution in [3.05, 3.63) is 65.5 Å². The number of benzene rings is 1. The van der Waals surface area contributed by atoms with Gasteiger partial charge in [-0.3, -0.25) is 4.79 Å². The lowest BCUT2D eigenvalue weighted by atomic mass is 10.1. The van der Waals surface area contributed by atoms with Crippen LogP contribution in [0, 0.1) is 11.8 Å². The van der Waals surface area contributed by atoms with Gasteiger partial charge in [0.1, 0.15) is 0 Å². The Morgan fingerprint density at radius 3 is 2.43 bits per heavy atom. The van der Waals surface area contributed by atoms with Crippen LogP contribution in [-0.4, -0.2) is 22.0 Å². The minimum atomic E-state index is -1.42. The van der Waals surface area contributed by atoms with Gasteiger partial charge in [-0.2, -0.15) is 4.39 Å². The maximum absolute atomic E-state index is 13.5. The number of hydrogen-bond donors (Lipinski definition) is 2. The van der Waals surface area contributed by atoms with Gasteiger partial charge in [0.25, 0.3) is 5.91 Å². The van der Waals surface area contributed by atoms with Gasteiger partial charge in [-0.05, 0) is 11.6 Å². The van der Waals surface area contributed by atoms with Gasteiger partial charge >= 0.3 is 5.97 Å². The Morgan fingerprint density at radius 1 is 1.14 bits per heavy atom. The Bertz CT molecular complexity index is 677. The van der Waals surface area contributed by atoms with E-state index in [1.165, 1.54) is 12.1 Å². The van der Waals surface area contributed by atoms with Gasteiger partial charge in [-0.25, -0.2) is 14.2 Å². The van der Waals surface area contributed by atoms with Crippen molar-refractivity contribution in [1.29, 1.82) is 0 Å². The second kappa shape index (κ2) is 6.08. The molecule has 108 valence electrons. The van der Waals surface area contributed by atoms with E-state index in [0.29, 0.717) is 5.56 Å². The number of pyridine rings is 1. The first kappa shape index (κ1) is 14.6. The normalized spacial score (nSPS) is 11.7. The third kappa shape index (κ3) is 3.19. The quantitative estimate of drug-likeness (QED) is 0.844. The van der Waals surface area contributed by atoms with Crippen molar-refractivity contribution in [3.8, 4) is 0 Å². The molecule has 7 heteroatoms. The summed E-state index contributed by atoms with van der Waals surface area (Å²) in [5.74, 6) is -5.20. The molecule has 0 radical (unpaired) electrons. The van der Waals surface area contributed by atoms with Crippen molar-refractivity contribution in [3.63, 3.8) is 0 Å². The average Bonchev–Trinajstić information content (AvgIpc) is 2.48. The molecule has 0 saturated heterocycles. The van der Waals surface area contributed by atoms with E-state index in [2.05, 4.69) is 10.3 Å². The van der Waals surface area contributed by atoms with Crippen LogP contribution in [-0.2, 0) is 4.79 Å². The third-order valence-corrected chi connectivity index (χ3v) is 2.75. The Morgan fingerprint density at radius 2 is 1.81 bits per heavy atom. The molecule has 1 unspecified atom stereocenters. The van der Waals surface area contributed by atoms with E-state index in [1.807, 2.05) is 0 Å². The summed E-state index contributed by atoms with van der Waals surface area (Å²) in [6, 6.07) is 7.49. The van der Waals surface area contributed by atoms with Gasteiger partial charge in [-0.1, -0.05) is 30.3 Å². The lowest BCUT2D eigenvalue weighted by molar-refractivity contribution is -0.139. The van der Waals surface area contributed by atoms with Crippen LogP contribution in [0.25, 0.3) is 0 Å². The van der Waals surface area contributed by atoms with Crippen molar-refractivity contribution in [2.45, 2.75) is 6.04 Å². The molecule has 1 atom stereocenters. The van der Waals surface area contributed by atoms with Crippen LogP contribution in [0.2, 0.25) is 0 Å². The van der Waals surface area contributed by atoms with E-state index in [0.717, 1.165) is 12.3 Å². The monoisotopic (exact) mass is 292 g/mol. The van der Waals surface area contributed by atoms with Crippen molar-refractivity contribution >= 4 is 11.9 Å². The molecule has 1 amide bonds. The molecule has 2 N–H and O–H groups in total. The first-order valence-corrected chi connectivity index (χ1v) is 5.89. The number of aromatic nitrogens is 1. The average molecular weight is 292 g/mol. The number of halogens is 2. The van der Waals surface area contributed by atoms with E-state index in [1.54, 1.807) is 18.2 Å². The van der Waals surface area contributed by atoms with E-state index in [-0.39, 0.29) is 0 Å². The zero-order valence-electron chi connectivity index (χ0n) is 10.6. The van der Waals surface area contributed by atoms with E-state index >= 15 is 0 Å². The number of aliphatic carboxylic acids is 1. The van der Waals surface area contributed by atoms with E-state index < -0.39 is 35.2 Å². The van der Waals surface area contributed by atoms with Crippen molar-refractivity contribution in [2.75, 3.05) is 0 Å². The van der Waals surface area contributed by atoms with Crippen LogP contribution in [0.1, 0.15) is 22.0 Å². The Hall–Kier alpha value is -2.83. The summed E-state index contributed by atoms with van der Waals surface area (Å²) in [4.78, 5) is 26.2. The molecule has 0 aliphatic heterocycles. The van der Waals surface area contributed by atoms with Crippen LogP contribution < -0.4 is 5.32 Å². The fourth-order valence-electron chi connectivity index (χ4n) is 1.74. The summed E-state index contributed by atoms with van der Waals surface area (Å²) < 4.78 is 26.4. The molecular weight excluding hydrogens is 282 g/mol. The molecule has 0 aliphatic rings. The van der Waals surface area contributed by atoms with E-state index in [4.69, 9.17) is 5.11 Å². The maximum Gasteiger partial charge on any atom is 0.330 e. The van der Waals surface area contributed by atoms with Crippen molar-refractivity contribution in [2.24, 2.45) is 0 Å². The van der Waals surface area contributed by atoms with Crippen LogP contribution in [0.15, 0.2) is 42.6 Å². The van der Waals surface area contributed by atoms with Crippen molar-refractivity contribution < 1.29 is 23.5 Å². The van der Waals surface area contributed by atoms with Crippen molar-refractivity contribution in [1.82, 2.24) is 10.3 Å². The zero-order valence-corrected chi connectivity index (χ0v) is 10.6. The lowest BCUT2D eigenvalue weighted by Crippen LogP contribution is -2.34. The molecule has 5 nitrogen and oxygen atoms in total. The first-order chi connectivity index (χ1) is 10.0. The number of rotatable bonds is 4. The van der Waals surface area contributed by atoms with Gasteiger partial charge in [0.2, 0.25) is 5.95 Å². The summed E-state index contributed by atoms with van der Waals surface area (Å²) >= 11 is 0.